The molecule has 1 heterocycles. The molecule has 0 radical (unpaired) electrons. The molecule has 0 saturated heterocycles. The van der Waals surface area contributed by atoms with Gasteiger partial charge in [-0.3, -0.25) is 4.79 Å². The first-order chi connectivity index (χ1) is 11.9. The van der Waals surface area contributed by atoms with E-state index in [-0.39, 0.29) is 35.3 Å². The Morgan fingerprint density at radius 1 is 1.27 bits per heavy atom. The SMILES string of the molecule is CCNC(=NCc1cc(C)oc1C)NCC1(C(=O)N(C)C)CCCC1.I. The molecule has 1 aromatic rings. The predicted molar refractivity (Wildman–Crippen MR) is 116 cm³/mol. The Morgan fingerprint density at radius 2 is 1.92 bits per heavy atom. The summed E-state index contributed by atoms with van der Waals surface area (Å²) in [5, 5.41) is 6.67. The second kappa shape index (κ2) is 10.2. The van der Waals surface area contributed by atoms with Crippen LogP contribution in [0.2, 0.25) is 0 Å². The number of guanidine groups is 1. The van der Waals surface area contributed by atoms with Crippen LogP contribution in [0.3, 0.4) is 0 Å². The van der Waals surface area contributed by atoms with Crippen molar-refractivity contribution in [3.8, 4) is 0 Å². The Kier molecular flexibility index (Phi) is 8.92. The number of nitrogens with one attached hydrogen (secondary N) is 2. The van der Waals surface area contributed by atoms with Crippen LogP contribution in [0.15, 0.2) is 15.5 Å². The first-order valence-electron chi connectivity index (χ1n) is 9.18. The lowest BCUT2D eigenvalue weighted by Gasteiger charge is -2.31. The highest BCUT2D eigenvalue weighted by atomic mass is 127. The van der Waals surface area contributed by atoms with E-state index in [4.69, 9.17) is 4.42 Å². The van der Waals surface area contributed by atoms with E-state index < -0.39 is 0 Å². The molecular weight excluding hydrogens is 443 g/mol. The smallest absolute Gasteiger partial charge is 0.230 e. The molecule has 2 rings (SSSR count). The van der Waals surface area contributed by atoms with Gasteiger partial charge in [0.1, 0.15) is 11.5 Å². The molecule has 0 aliphatic heterocycles. The summed E-state index contributed by atoms with van der Waals surface area (Å²) in [5.41, 5.74) is 0.789. The van der Waals surface area contributed by atoms with Crippen molar-refractivity contribution in [1.82, 2.24) is 15.5 Å². The average molecular weight is 476 g/mol. The van der Waals surface area contributed by atoms with Crippen molar-refractivity contribution < 1.29 is 9.21 Å². The Bertz CT molecular complexity index is 619. The molecule has 0 unspecified atom stereocenters. The van der Waals surface area contributed by atoms with E-state index in [0.717, 1.165) is 55.3 Å². The number of halogens is 1. The second-order valence-electron chi connectivity index (χ2n) is 7.17. The largest absolute Gasteiger partial charge is 0.466 e. The normalized spacial score (nSPS) is 16.1. The molecular formula is C19H33IN4O2. The Morgan fingerprint density at radius 3 is 2.42 bits per heavy atom. The molecule has 1 aliphatic rings. The number of aliphatic imine (C=N–C) groups is 1. The van der Waals surface area contributed by atoms with E-state index in [9.17, 15) is 4.79 Å². The van der Waals surface area contributed by atoms with E-state index in [1.807, 2.05) is 40.9 Å². The second-order valence-corrected chi connectivity index (χ2v) is 7.17. The number of hydrogen-bond donors (Lipinski definition) is 2. The summed E-state index contributed by atoms with van der Waals surface area (Å²) in [5.74, 6) is 2.78. The number of nitrogens with zero attached hydrogens (tertiary/aromatic N) is 2. The molecule has 1 aliphatic carbocycles. The number of carbonyl (C=O) groups excluding carboxylic acids is 1. The van der Waals surface area contributed by atoms with Crippen molar-refractivity contribution >= 4 is 35.8 Å². The lowest BCUT2D eigenvalue weighted by Crippen LogP contribution is -2.49. The van der Waals surface area contributed by atoms with Gasteiger partial charge >= 0.3 is 0 Å². The number of aryl methyl sites for hydroxylation is 2. The minimum atomic E-state index is -0.304. The number of hydrogen-bond acceptors (Lipinski definition) is 3. The summed E-state index contributed by atoms with van der Waals surface area (Å²) in [6.07, 6.45) is 4.11. The van der Waals surface area contributed by atoms with Gasteiger partial charge in [-0.05, 0) is 39.7 Å². The van der Waals surface area contributed by atoms with E-state index in [1.165, 1.54) is 0 Å². The van der Waals surface area contributed by atoms with Crippen LogP contribution in [0, 0.1) is 19.3 Å². The summed E-state index contributed by atoms with van der Waals surface area (Å²) in [6, 6.07) is 2.02. The van der Waals surface area contributed by atoms with Gasteiger partial charge in [-0.2, -0.15) is 0 Å². The van der Waals surface area contributed by atoms with Crippen molar-refractivity contribution in [2.45, 2.75) is 53.0 Å². The monoisotopic (exact) mass is 476 g/mol. The molecule has 2 N–H and O–H groups in total. The third kappa shape index (κ3) is 5.62. The van der Waals surface area contributed by atoms with Crippen LogP contribution < -0.4 is 10.6 Å². The van der Waals surface area contributed by atoms with Gasteiger partial charge in [0.05, 0.1) is 12.0 Å². The van der Waals surface area contributed by atoms with Crippen LogP contribution in [-0.2, 0) is 11.3 Å². The molecule has 0 atom stereocenters. The molecule has 1 fully saturated rings. The molecule has 148 valence electrons. The highest BCUT2D eigenvalue weighted by Gasteiger charge is 2.42. The van der Waals surface area contributed by atoms with E-state index in [1.54, 1.807) is 4.90 Å². The molecule has 1 saturated carbocycles. The van der Waals surface area contributed by atoms with Crippen LogP contribution in [0.1, 0.15) is 49.7 Å². The maximum atomic E-state index is 12.7. The molecule has 1 aromatic heterocycles. The van der Waals surface area contributed by atoms with E-state index in [2.05, 4.69) is 15.6 Å². The molecule has 1 amide bonds. The van der Waals surface area contributed by atoms with Crippen molar-refractivity contribution in [2.75, 3.05) is 27.2 Å². The number of rotatable bonds is 6. The quantitative estimate of drug-likeness (QED) is 0.376. The fourth-order valence-corrected chi connectivity index (χ4v) is 3.59. The van der Waals surface area contributed by atoms with Crippen molar-refractivity contribution in [3.05, 3.63) is 23.2 Å². The zero-order valence-electron chi connectivity index (χ0n) is 16.6. The topological polar surface area (TPSA) is 69.9 Å². The lowest BCUT2D eigenvalue weighted by atomic mass is 9.84. The maximum Gasteiger partial charge on any atom is 0.230 e. The van der Waals surface area contributed by atoms with Crippen LogP contribution in [-0.4, -0.2) is 44.0 Å². The van der Waals surface area contributed by atoms with Crippen molar-refractivity contribution in [1.29, 1.82) is 0 Å². The third-order valence-electron chi connectivity index (χ3n) is 4.91. The van der Waals surface area contributed by atoms with Gasteiger partial charge in [-0.15, -0.1) is 24.0 Å². The summed E-state index contributed by atoms with van der Waals surface area (Å²) in [7, 11) is 3.68. The first-order valence-corrected chi connectivity index (χ1v) is 9.18. The fourth-order valence-electron chi connectivity index (χ4n) is 3.59. The zero-order valence-corrected chi connectivity index (χ0v) is 19.0. The highest BCUT2D eigenvalue weighted by Crippen LogP contribution is 2.38. The molecule has 0 aromatic carbocycles. The molecule has 0 spiro atoms. The van der Waals surface area contributed by atoms with Crippen LogP contribution >= 0.6 is 24.0 Å². The Labute approximate surface area is 174 Å². The van der Waals surface area contributed by atoms with Gasteiger partial charge in [0.15, 0.2) is 5.96 Å². The predicted octanol–water partition coefficient (Wildman–Crippen LogP) is 3.22. The first kappa shape index (κ1) is 22.8. The summed E-state index contributed by atoms with van der Waals surface area (Å²) < 4.78 is 5.56. The standard InChI is InChI=1S/C19H32N4O2.HI/c1-6-20-18(21-12-16-11-14(2)25-15(16)3)22-13-19(9-7-8-10-19)17(24)23(4)5;/h11H,6-10,12-13H2,1-5H3,(H2,20,21,22);1H. The molecule has 0 bridgehead atoms. The van der Waals surface area contributed by atoms with Gasteiger partial charge in [0, 0.05) is 32.7 Å². The molecule has 6 nitrogen and oxygen atoms in total. The van der Waals surface area contributed by atoms with Crippen molar-refractivity contribution in [2.24, 2.45) is 10.4 Å². The third-order valence-corrected chi connectivity index (χ3v) is 4.91. The fraction of sp³-hybridized carbons (Fsp3) is 0.684. The van der Waals surface area contributed by atoms with Gasteiger partial charge in [-0.1, -0.05) is 12.8 Å². The van der Waals surface area contributed by atoms with E-state index >= 15 is 0 Å². The minimum Gasteiger partial charge on any atom is -0.466 e. The van der Waals surface area contributed by atoms with Gasteiger partial charge in [0.2, 0.25) is 5.91 Å². The molecule has 26 heavy (non-hydrogen) atoms. The Hall–Kier alpha value is -1.25. The van der Waals surface area contributed by atoms with Crippen LogP contribution in [0.5, 0.6) is 0 Å². The van der Waals surface area contributed by atoms with E-state index in [0.29, 0.717) is 13.1 Å². The maximum absolute atomic E-state index is 12.7. The lowest BCUT2D eigenvalue weighted by molar-refractivity contribution is -0.138. The zero-order chi connectivity index (χ0) is 18.4. The van der Waals surface area contributed by atoms with Gasteiger partial charge < -0.3 is 20.0 Å². The summed E-state index contributed by atoms with van der Waals surface area (Å²) in [6.45, 7) is 7.92. The number of amides is 1. The van der Waals surface area contributed by atoms with Crippen LogP contribution in [0.4, 0.5) is 0 Å². The van der Waals surface area contributed by atoms with Crippen molar-refractivity contribution in [3.63, 3.8) is 0 Å². The van der Waals surface area contributed by atoms with Gasteiger partial charge in [-0.25, -0.2) is 4.99 Å². The number of furan rings is 1. The minimum absolute atomic E-state index is 0. The summed E-state index contributed by atoms with van der Waals surface area (Å²) >= 11 is 0. The number of carbonyl (C=O) groups is 1. The van der Waals surface area contributed by atoms with Gasteiger partial charge in [0.25, 0.3) is 0 Å². The Balaban J connectivity index is 0.00000338. The average Bonchev–Trinajstić information content (AvgIpc) is 3.16. The summed E-state index contributed by atoms with van der Waals surface area (Å²) in [4.78, 5) is 19.1. The molecule has 7 heteroatoms. The van der Waals surface area contributed by atoms with Crippen LogP contribution in [0.25, 0.3) is 0 Å². The highest BCUT2D eigenvalue weighted by molar-refractivity contribution is 14.0.